The van der Waals surface area contributed by atoms with Crippen molar-refractivity contribution in [2.24, 2.45) is 5.73 Å². The number of carbonyl (C=O) groups excluding carboxylic acids is 6. The summed E-state index contributed by atoms with van der Waals surface area (Å²) in [4.78, 5) is 88.0. The van der Waals surface area contributed by atoms with Crippen LogP contribution in [0.3, 0.4) is 0 Å². The molecule has 0 bridgehead atoms. The van der Waals surface area contributed by atoms with Crippen LogP contribution in [0.4, 0.5) is 0 Å². The van der Waals surface area contributed by atoms with Gasteiger partial charge >= 0.3 is 5.97 Å². The van der Waals surface area contributed by atoms with Crippen molar-refractivity contribution >= 4 is 53.2 Å². The maximum absolute atomic E-state index is 13.3. The van der Waals surface area contributed by atoms with Crippen LogP contribution in [0.5, 0.6) is 0 Å². The number of carboxylic acids is 1. The predicted molar refractivity (Wildman–Crippen MR) is 187 cm³/mol. The Labute approximate surface area is 298 Å². The molecule has 0 unspecified atom stereocenters. The number of benzene rings is 2. The number of nitrogens with one attached hydrogen (secondary N) is 6. The molecule has 0 aromatic heterocycles. The van der Waals surface area contributed by atoms with E-state index < -0.39 is 97.9 Å². The second kappa shape index (κ2) is 22.6. The zero-order chi connectivity index (χ0) is 37.8. The summed E-state index contributed by atoms with van der Waals surface area (Å²) >= 11 is 1.39. The molecule has 2 aromatic carbocycles. The summed E-state index contributed by atoms with van der Waals surface area (Å²) in [5.41, 5.74) is 7.42. The van der Waals surface area contributed by atoms with Gasteiger partial charge in [-0.2, -0.15) is 11.8 Å². The number of aliphatic carboxylic acids is 1. The lowest BCUT2D eigenvalue weighted by Crippen LogP contribution is -2.59. The Bertz CT molecular complexity index is 1470. The maximum atomic E-state index is 13.3. The van der Waals surface area contributed by atoms with Gasteiger partial charge in [0.15, 0.2) is 0 Å². The summed E-state index contributed by atoms with van der Waals surface area (Å²) in [5, 5.41) is 42.3. The van der Waals surface area contributed by atoms with Crippen LogP contribution in [0.25, 0.3) is 0 Å². The Balaban J connectivity index is 2.04. The van der Waals surface area contributed by atoms with Crippen molar-refractivity contribution in [2.75, 3.05) is 38.3 Å². The third-order valence-electron chi connectivity index (χ3n) is 7.29. The first-order valence-electron chi connectivity index (χ1n) is 15.9. The van der Waals surface area contributed by atoms with Crippen LogP contribution in [0.1, 0.15) is 17.5 Å². The fourth-order valence-corrected chi connectivity index (χ4v) is 5.00. The Morgan fingerprint density at radius 1 is 0.627 bits per heavy atom. The molecule has 17 nitrogen and oxygen atoms in total. The van der Waals surface area contributed by atoms with Gasteiger partial charge in [0.25, 0.3) is 0 Å². The third kappa shape index (κ3) is 15.6. The van der Waals surface area contributed by atoms with Gasteiger partial charge in [0.2, 0.25) is 35.4 Å². The first-order valence-corrected chi connectivity index (χ1v) is 17.3. The molecule has 0 spiro atoms. The van der Waals surface area contributed by atoms with E-state index in [0.717, 1.165) is 5.56 Å². The van der Waals surface area contributed by atoms with Crippen molar-refractivity contribution in [3.8, 4) is 0 Å². The van der Waals surface area contributed by atoms with Gasteiger partial charge in [-0.1, -0.05) is 60.7 Å². The smallest absolute Gasteiger partial charge is 0.328 e. The molecular formula is C33H45N7O10S. The monoisotopic (exact) mass is 731 g/mol. The third-order valence-corrected chi connectivity index (χ3v) is 7.93. The van der Waals surface area contributed by atoms with Gasteiger partial charge in [0.05, 0.1) is 32.3 Å². The summed E-state index contributed by atoms with van der Waals surface area (Å²) in [7, 11) is 0. The number of hydrogen-bond donors (Lipinski definition) is 10. The van der Waals surface area contributed by atoms with Crippen molar-refractivity contribution in [3.05, 3.63) is 71.8 Å². The van der Waals surface area contributed by atoms with Crippen LogP contribution < -0.4 is 37.6 Å². The second-order valence-corrected chi connectivity index (χ2v) is 12.3. The van der Waals surface area contributed by atoms with Gasteiger partial charge in [0.1, 0.15) is 24.2 Å². The van der Waals surface area contributed by atoms with Crippen LogP contribution in [-0.2, 0) is 46.4 Å². The number of carboxylic acid groups (broad SMARTS) is 1. The van der Waals surface area contributed by atoms with Crippen LogP contribution in [0, 0.1) is 0 Å². The SMILES string of the molecule is CSCC[C@H](NC(=O)CNC(=O)[C@@H](N)Cc1ccccc1)C(=O)N[C@@H](CO)C(=O)N[C@@H](Cc1ccccc1)C(=O)NCC(=O)N[C@@H](CO)C(=O)O. The molecule has 11 N–H and O–H groups in total. The van der Waals surface area contributed by atoms with Gasteiger partial charge in [-0.3, -0.25) is 28.8 Å². The van der Waals surface area contributed by atoms with Crippen molar-refractivity contribution in [1.29, 1.82) is 0 Å². The summed E-state index contributed by atoms with van der Waals surface area (Å²) in [5.74, 6) is -5.83. The van der Waals surface area contributed by atoms with Crippen molar-refractivity contribution in [1.82, 2.24) is 31.9 Å². The van der Waals surface area contributed by atoms with Gasteiger partial charge in [-0.05, 0) is 36.0 Å². The van der Waals surface area contributed by atoms with Crippen LogP contribution in [0.2, 0.25) is 0 Å². The minimum absolute atomic E-state index is 0.0619. The van der Waals surface area contributed by atoms with Crippen molar-refractivity contribution in [2.45, 2.75) is 49.5 Å². The first kappa shape index (κ1) is 42.1. The molecular weight excluding hydrogens is 686 g/mol. The summed E-state index contributed by atoms with van der Waals surface area (Å²) in [6.07, 6.45) is 2.11. The van der Waals surface area contributed by atoms with E-state index in [-0.39, 0.29) is 19.3 Å². The highest BCUT2D eigenvalue weighted by atomic mass is 32.2. The van der Waals surface area contributed by atoms with E-state index in [0.29, 0.717) is 11.3 Å². The van der Waals surface area contributed by atoms with Crippen LogP contribution in [-0.4, -0.2) is 125 Å². The van der Waals surface area contributed by atoms with Gasteiger partial charge in [0, 0.05) is 6.42 Å². The number of thioether (sulfide) groups is 1. The summed E-state index contributed by atoms with van der Waals surface area (Å²) in [6.45, 7) is -2.91. The molecule has 2 aromatic rings. The average Bonchev–Trinajstić information content (AvgIpc) is 3.12. The Kier molecular flexibility index (Phi) is 18.7. The van der Waals surface area contributed by atoms with Crippen LogP contribution >= 0.6 is 11.8 Å². The number of aliphatic hydroxyl groups excluding tert-OH is 2. The quantitative estimate of drug-likeness (QED) is 0.0573. The van der Waals surface area contributed by atoms with E-state index in [9.17, 15) is 38.7 Å². The van der Waals surface area contributed by atoms with E-state index in [2.05, 4.69) is 26.6 Å². The first-order chi connectivity index (χ1) is 24.4. The molecule has 0 aliphatic rings. The Morgan fingerprint density at radius 3 is 1.61 bits per heavy atom. The van der Waals surface area contributed by atoms with E-state index >= 15 is 0 Å². The lowest BCUT2D eigenvalue weighted by molar-refractivity contribution is -0.142. The van der Waals surface area contributed by atoms with Crippen molar-refractivity contribution in [3.63, 3.8) is 0 Å². The minimum Gasteiger partial charge on any atom is -0.480 e. The maximum Gasteiger partial charge on any atom is 0.328 e. The molecule has 0 fully saturated rings. The predicted octanol–water partition coefficient (Wildman–Crippen LogP) is -3.21. The van der Waals surface area contributed by atoms with Crippen LogP contribution in [0.15, 0.2) is 60.7 Å². The number of hydrogen-bond acceptors (Lipinski definition) is 11. The standard InChI is InChI=1S/C33H45N7O10S/c1-51-13-12-23(37-27(43)16-35-29(45)22(34)14-20-8-4-2-5-9-20)31(47)40-25(18-41)32(48)39-24(15-21-10-6-3-7-11-21)30(46)36-17-28(44)38-26(19-42)33(49)50/h2-11,22-26,41-42H,12-19,34H2,1H3,(H,35,45)(H,36,46)(H,37,43)(H,38,44)(H,39,48)(H,40,47)(H,49,50)/t22-,23-,24-,25-,26-/m0/s1. The minimum atomic E-state index is -1.59. The van der Waals surface area contributed by atoms with E-state index in [1.54, 1.807) is 36.6 Å². The largest absolute Gasteiger partial charge is 0.480 e. The second-order valence-electron chi connectivity index (χ2n) is 11.3. The molecule has 6 amide bonds. The number of nitrogens with two attached hydrogens (primary N) is 1. The number of amides is 6. The lowest BCUT2D eigenvalue weighted by atomic mass is 10.0. The molecule has 2 rings (SSSR count). The molecule has 18 heteroatoms. The Morgan fingerprint density at radius 2 is 1.10 bits per heavy atom. The van der Waals surface area contributed by atoms with E-state index in [1.807, 2.05) is 35.6 Å². The average molecular weight is 732 g/mol. The number of aliphatic hydroxyl groups is 2. The lowest BCUT2D eigenvalue weighted by Gasteiger charge is -2.24. The summed E-state index contributed by atoms with van der Waals surface area (Å²) in [6, 6.07) is 11.0. The Hall–Kier alpha value is -5.04. The molecule has 0 saturated heterocycles. The van der Waals surface area contributed by atoms with Gasteiger partial charge in [-0.15, -0.1) is 0 Å². The topological polar surface area (TPSA) is 278 Å². The zero-order valence-electron chi connectivity index (χ0n) is 28.0. The molecule has 278 valence electrons. The van der Waals surface area contributed by atoms with Gasteiger partial charge < -0.3 is 53.0 Å². The number of carbonyl (C=O) groups is 7. The molecule has 5 atom stereocenters. The molecule has 0 radical (unpaired) electrons. The molecule has 51 heavy (non-hydrogen) atoms. The fourth-order valence-electron chi connectivity index (χ4n) is 4.53. The highest BCUT2D eigenvalue weighted by molar-refractivity contribution is 7.98. The van der Waals surface area contributed by atoms with E-state index in [4.69, 9.17) is 15.9 Å². The highest BCUT2D eigenvalue weighted by Crippen LogP contribution is 2.06. The molecule has 0 aliphatic heterocycles. The summed E-state index contributed by atoms with van der Waals surface area (Å²) < 4.78 is 0. The zero-order valence-corrected chi connectivity index (χ0v) is 28.8. The molecule has 0 heterocycles. The van der Waals surface area contributed by atoms with E-state index in [1.165, 1.54) is 11.8 Å². The molecule has 0 saturated carbocycles. The fraction of sp³-hybridized carbons (Fsp3) is 0.424. The van der Waals surface area contributed by atoms with Gasteiger partial charge in [-0.25, -0.2) is 4.79 Å². The highest BCUT2D eigenvalue weighted by Gasteiger charge is 2.30. The van der Waals surface area contributed by atoms with Crippen molar-refractivity contribution < 1.29 is 48.9 Å². The normalized spacial score (nSPS) is 13.6. The molecule has 0 aliphatic carbocycles. The number of rotatable bonds is 22.